The number of nitrogens with one attached hydrogen (secondary N) is 3. The van der Waals surface area contributed by atoms with Crippen molar-refractivity contribution in [1.29, 1.82) is 5.41 Å². The number of hydrogen-bond donors (Lipinski definition) is 3. The fourth-order valence-electron chi connectivity index (χ4n) is 0.836. The van der Waals surface area contributed by atoms with Crippen LogP contribution in [0.2, 0.25) is 0 Å². The van der Waals surface area contributed by atoms with E-state index in [0.717, 1.165) is 10.6 Å². The van der Waals surface area contributed by atoms with Crippen LogP contribution in [0.1, 0.15) is 5.56 Å². The van der Waals surface area contributed by atoms with E-state index in [0.29, 0.717) is 6.41 Å². The number of thiophene rings is 1. The summed E-state index contributed by atoms with van der Waals surface area (Å²) in [5, 5.41) is 15.4. The van der Waals surface area contributed by atoms with Crippen LogP contribution in [0.4, 0.5) is 5.00 Å². The summed E-state index contributed by atoms with van der Waals surface area (Å²) in [7, 11) is 1.78. The molecule has 0 saturated carbocycles. The van der Waals surface area contributed by atoms with Gasteiger partial charge >= 0.3 is 0 Å². The Bertz CT molecular complexity index is 295. The van der Waals surface area contributed by atoms with E-state index in [1.165, 1.54) is 11.3 Å². The van der Waals surface area contributed by atoms with Gasteiger partial charge in [0.2, 0.25) is 6.41 Å². The number of rotatable bonds is 3. The summed E-state index contributed by atoms with van der Waals surface area (Å²) < 4.78 is 0. The van der Waals surface area contributed by atoms with Crippen molar-refractivity contribution in [2.24, 2.45) is 0 Å². The fourth-order valence-corrected chi connectivity index (χ4v) is 1.59. The minimum Gasteiger partial charge on any atom is -0.379 e. The van der Waals surface area contributed by atoms with Crippen LogP contribution in [0.3, 0.4) is 0 Å². The van der Waals surface area contributed by atoms with Gasteiger partial charge in [0.1, 0.15) is 5.84 Å². The third kappa shape index (κ3) is 1.62. The van der Waals surface area contributed by atoms with Gasteiger partial charge in [-0.05, 0) is 11.4 Å². The molecule has 1 heterocycles. The average Bonchev–Trinajstić information content (AvgIpc) is 2.51. The Morgan fingerprint density at radius 1 is 1.75 bits per heavy atom. The van der Waals surface area contributed by atoms with Crippen molar-refractivity contribution in [2.75, 3.05) is 12.4 Å². The third-order valence-electron chi connectivity index (χ3n) is 1.36. The van der Waals surface area contributed by atoms with E-state index in [1.807, 2.05) is 5.38 Å². The molecular weight excluding hydrogens is 174 g/mol. The van der Waals surface area contributed by atoms with Crippen molar-refractivity contribution in [3.05, 3.63) is 17.0 Å². The highest BCUT2D eigenvalue weighted by molar-refractivity contribution is 7.14. The minimum absolute atomic E-state index is 0.121. The maximum absolute atomic E-state index is 10.0. The molecule has 0 radical (unpaired) electrons. The highest BCUT2D eigenvalue weighted by Crippen LogP contribution is 2.21. The molecule has 1 amide bonds. The molecular formula is C7H9N3OS. The van der Waals surface area contributed by atoms with Gasteiger partial charge in [0.25, 0.3) is 0 Å². The van der Waals surface area contributed by atoms with Crippen LogP contribution < -0.4 is 10.6 Å². The number of carbonyl (C=O) groups excluding carboxylic acids is 1. The van der Waals surface area contributed by atoms with E-state index >= 15 is 0 Å². The monoisotopic (exact) mass is 183 g/mol. The molecule has 0 bridgehead atoms. The number of amides is 1. The summed E-state index contributed by atoms with van der Waals surface area (Å²) >= 11 is 1.50. The van der Waals surface area contributed by atoms with E-state index in [9.17, 15) is 4.79 Å². The number of carbonyl (C=O) groups is 1. The first-order chi connectivity index (χ1) is 5.79. The Kier molecular flexibility index (Phi) is 2.82. The Morgan fingerprint density at radius 3 is 3.08 bits per heavy atom. The zero-order valence-corrected chi connectivity index (χ0v) is 7.37. The molecule has 5 heteroatoms. The second-order valence-electron chi connectivity index (χ2n) is 2.05. The molecule has 0 aliphatic rings. The average molecular weight is 183 g/mol. The van der Waals surface area contributed by atoms with Crippen LogP contribution in [-0.2, 0) is 4.79 Å². The normalized spacial score (nSPS) is 9.08. The van der Waals surface area contributed by atoms with Crippen molar-refractivity contribution in [3.63, 3.8) is 0 Å². The molecule has 0 atom stereocenters. The molecule has 0 aliphatic carbocycles. The van der Waals surface area contributed by atoms with Gasteiger partial charge in [-0.15, -0.1) is 11.3 Å². The summed E-state index contributed by atoms with van der Waals surface area (Å²) in [6.45, 7) is 0. The van der Waals surface area contributed by atoms with Crippen LogP contribution in [0, 0.1) is 5.41 Å². The zero-order chi connectivity index (χ0) is 8.97. The highest BCUT2D eigenvalue weighted by atomic mass is 32.1. The maximum atomic E-state index is 10.0. The molecule has 0 fully saturated rings. The van der Waals surface area contributed by atoms with Gasteiger partial charge < -0.3 is 10.6 Å². The lowest BCUT2D eigenvalue weighted by atomic mass is 10.3. The number of anilines is 1. The topological polar surface area (TPSA) is 65.0 Å². The largest absolute Gasteiger partial charge is 0.379 e. The molecule has 64 valence electrons. The Hall–Kier alpha value is -1.36. The van der Waals surface area contributed by atoms with Crippen LogP contribution in [0.15, 0.2) is 11.4 Å². The molecule has 1 aromatic heterocycles. The third-order valence-corrected chi connectivity index (χ3v) is 2.30. The van der Waals surface area contributed by atoms with E-state index in [1.54, 1.807) is 13.1 Å². The van der Waals surface area contributed by atoms with Crippen LogP contribution in [0.5, 0.6) is 0 Å². The van der Waals surface area contributed by atoms with Gasteiger partial charge in [-0.25, -0.2) is 0 Å². The number of hydrogen-bond acceptors (Lipinski definition) is 4. The molecule has 1 aromatic rings. The molecule has 0 unspecified atom stereocenters. The zero-order valence-electron chi connectivity index (χ0n) is 6.55. The van der Waals surface area contributed by atoms with Gasteiger partial charge in [-0.3, -0.25) is 10.2 Å². The van der Waals surface area contributed by atoms with Crippen molar-refractivity contribution < 1.29 is 4.79 Å². The summed E-state index contributed by atoms with van der Waals surface area (Å²) in [6, 6.07) is 1.79. The standard InChI is InChI=1S/C7H9N3OS/c1-9-7-5(2-3-12-7)6(8)10-4-11/h2-4,9H,1H3,(H2,8,10,11). The van der Waals surface area contributed by atoms with Gasteiger partial charge in [0.15, 0.2) is 0 Å². The second kappa shape index (κ2) is 3.87. The lowest BCUT2D eigenvalue weighted by Crippen LogP contribution is -2.21. The van der Waals surface area contributed by atoms with E-state index < -0.39 is 0 Å². The molecule has 0 saturated heterocycles. The van der Waals surface area contributed by atoms with Crippen molar-refractivity contribution >= 4 is 28.6 Å². The molecule has 3 N–H and O–H groups in total. The lowest BCUT2D eigenvalue weighted by Gasteiger charge is -2.02. The summed E-state index contributed by atoms with van der Waals surface area (Å²) in [6.07, 6.45) is 0.499. The van der Waals surface area contributed by atoms with Gasteiger partial charge in [-0.2, -0.15) is 0 Å². The molecule has 0 aromatic carbocycles. The lowest BCUT2D eigenvalue weighted by molar-refractivity contribution is -0.108. The molecule has 12 heavy (non-hydrogen) atoms. The first-order valence-electron chi connectivity index (χ1n) is 3.34. The van der Waals surface area contributed by atoms with Crippen molar-refractivity contribution in [1.82, 2.24) is 5.32 Å². The maximum Gasteiger partial charge on any atom is 0.212 e. The van der Waals surface area contributed by atoms with Crippen LogP contribution >= 0.6 is 11.3 Å². The minimum atomic E-state index is 0.121. The fraction of sp³-hybridized carbons (Fsp3) is 0.143. The summed E-state index contributed by atoms with van der Waals surface area (Å²) in [5.41, 5.74) is 0.717. The Labute approximate surface area is 74.1 Å². The quantitative estimate of drug-likeness (QED) is 0.369. The molecule has 0 spiro atoms. The predicted molar refractivity (Wildman–Crippen MR) is 49.9 cm³/mol. The van der Waals surface area contributed by atoms with Crippen LogP contribution in [0.25, 0.3) is 0 Å². The Morgan fingerprint density at radius 2 is 2.50 bits per heavy atom. The molecule has 0 aliphatic heterocycles. The first-order valence-corrected chi connectivity index (χ1v) is 4.22. The molecule has 4 nitrogen and oxygen atoms in total. The van der Waals surface area contributed by atoms with Gasteiger partial charge in [-0.1, -0.05) is 0 Å². The number of amidine groups is 1. The smallest absolute Gasteiger partial charge is 0.212 e. The van der Waals surface area contributed by atoms with Gasteiger partial charge in [0, 0.05) is 7.05 Å². The SMILES string of the molecule is CNc1sccc1C(=N)NC=O. The van der Waals surface area contributed by atoms with Crippen LogP contribution in [-0.4, -0.2) is 19.3 Å². The second-order valence-corrected chi connectivity index (χ2v) is 2.97. The molecule has 1 rings (SSSR count). The van der Waals surface area contributed by atoms with Crippen molar-refractivity contribution in [3.8, 4) is 0 Å². The predicted octanol–water partition coefficient (Wildman–Crippen LogP) is 0.861. The Balaban J connectivity index is 2.85. The highest BCUT2D eigenvalue weighted by Gasteiger charge is 2.06. The van der Waals surface area contributed by atoms with Crippen molar-refractivity contribution in [2.45, 2.75) is 0 Å². The van der Waals surface area contributed by atoms with E-state index in [2.05, 4.69) is 10.6 Å². The van der Waals surface area contributed by atoms with E-state index in [-0.39, 0.29) is 5.84 Å². The first kappa shape index (κ1) is 8.73. The summed E-state index contributed by atoms with van der Waals surface area (Å²) in [4.78, 5) is 10.0. The van der Waals surface area contributed by atoms with E-state index in [4.69, 9.17) is 5.41 Å². The van der Waals surface area contributed by atoms with Gasteiger partial charge in [0.05, 0.1) is 10.6 Å². The summed E-state index contributed by atoms with van der Waals surface area (Å²) in [5.74, 6) is 0.121.